The van der Waals surface area contributed by atoms with Crippen molar-refractivity contribution in [3.05, 3.63) is 27.9 Å². The van der Waals surface area contributed by atoms with Crippen LogP contribution < -0.4 is 16.8 Å². The van der Waals surface area contributed by atoms with Crippen LogP contribution in [0.4, 0.5) is 11.5 Å². The minimum atomic E-state index is -0.765. The second-order valence-electron chi connectivity index (χ2n) is 4.78. The number of carbonyl (C=O) groups is 1. The van der Waals surface area contributed by atoms with E-state index < -0.39 is 10.8 Å². The summed E-state index contributed by atoms with van der Waals surface area (Å²) in [6, 6.07) is 1.11. The molecule has 0 bridgehead atoms. The van der Waals surface area contributed by atoms with Crippen LogP contribution in [-0.2, 0) is 0 Å². The first-order valence-corrected chi connectivity index (χ1v) is 5.88. The number of pyridine rings is 1. The molecule has 0 atom stereocenters. The monoisotopic (exact) mass is 265 g/mol. The fourth-order valence-corrected chi connectivity index (χ4v) is 1.95. The molecule has 0 aliphatic heterocycles. The highest BCUT2D eigenvalue weighted by atomic mass is 16.6. The summed E-state index contributed by atoms with van der Waals surface area (Å²) in [5.41, 5.74) is 10.7. The Kier molecular flexibility index (Phi) is 3.34. The van der Waals surface area contributed by atoms with Gasteiger partial charge in [-0.2, -0.15) is 0 Å². The van der Waals surface area contributed by atoms with Crippen LogP contribution >= 0.6 is 0 Å². The molecule has 0 unspecified atom stereocenters. The molecule has 1 aliphatic rings. The van der Waals surface area contributed by atoms with Gasteiger partial charge in [-0.05, 0) is 19.3 Å². The van der Waals surface area contributed by atoms with E-state index in [9.17, 15) is 14.9 Å². The highest BCUT2D eigenvalue weighted by Gasteiger charge is 2.32. The zero-order chi connectivity index (χ0) is 14.0. The van der Waals surface area contributed by atoms with Gasteiger partial charge in [0.05, 0.1) is 10.5 Å². The first-order valence-electron chi connectivity index (χ1n) is 5.88. The first-order chi connectivity index (χ1) is 8.91. The smallest absolute Gasteiger partial charge is 0.288 e. The molecule has 0 spiro atoms. The Morgan fingerprint density at radius 1 is 1.58 bits per heavy atom. The van der Waals surface area contributed by atoms with Crippen LogP contribution in [-0.4, -0.2) is 27.9 Å². The number of anilines is 1. The van der Waals surface area contributed by atoms with E-state index in [1.54, 1.807) is 0 Å². The summed E-state index contributed by atoms with van der Waals surface area (Å²) in [7, 11) is 0. The van der Waals surface area contributed by atoms with Crippen molar-refractivity contribution in [3.63, 3.8) is 0 Å². The van der Waals surface area contributed by atoms with Crippen molar-refractivity contribution in [1.82, 2.24) is 4.98 Å². The fourth-order valence-electron chi connectivity index (χ4n) is 1.95. The molecule has 1 aliphatic carbocycles. The van der Waals surface area contributed by atoms with Crippen molar-refractivity contribution < 1.29 is 9.72 Å². The largest absolute Gasteiger partial charge is 0.368 e. The Labute approximate surface area is 109 Å². The van der Waals surface area contributed by atoms with Crippen LogP contribution in [0.15, 0.2) is 12.3 Å². The SMILES string of the molecule is NC(=O)c1cc([N+](=O)[O-])cnc1NCC1(N)CCC1. The molecule has 0 saturated heterocycles. The first kappa shape index (κ1) is 13.2. The molecule has 2 rings (SSSR count). The van der Waals surface area contributed by atoms with E-state index in [2.05, 4.69) is 10.3 Å². The van der Waals surface area contributed by atoms with Gasteiger partial charge in [-0.1, -0.05) is 0 Å². The second kappa shape index (κ2) is 4.81. The maximum absolute atomic E-state index is 11.3. The molecule has 1 aromatic rings. The van der Waals surface area contributed by atoms with Crippen LogP contribution in [0.5, 0.6) is 0 Å². The second-order valence-corrected chi connectivity index (χ2v) is 4.78. The third-order valence-electron chi connectivity index (χ3n) is 3.31. The van der Waals surface area contributed by atoms with Crippen LogP contribution in [0.25, 0.3) is 0 Å². The number of amides is 1. The molecule has 1 aromatic heterocycles. The number of aromatic nitrogens is 1. The van der Waals surface area contributed by atoms with Gasteiger partial charge < -0.3 is 16.8 Å². The molecule has 8 heteroatoms. The molecular formula is C11H15N5O3. The highest BCUT2D eigenvalue weighted by molar-refractivity contribution is 5.98. The van der Waals surface area contributed by atoms with Gasteiger partial charge in [0, 0.05) is 18.2 Å². The molecule has 1 saturated carbocycles. The van der Waals surface area contributed by atoms with E-state index in [-0.39, 0.29) is 22.6 Å². The maximum atomic E-state index is 11.3. The van der Waals surface area contributed by atoms with Crippen molar-refractivity contribution >= 4 is 17.4 Å². The lowest BCUT2D eigenvalue weighted by Gasteiger charge is -2.38. The molecule has 1 fully saturated rings. The van der Waals surface area contributed by atoms with E-state index in [0.717, 1.165) is 31.5 Å². The van der Waals surface area contributed by atoms with Gasteiger partial charge in [-0.3, -0.25) is 14.9 Å². The Balaban J connectivity index is 2.19. The number of nitrogens with two attached hydrogens (primary N) is 2. The summed E-state index contributed by atoms with van der Waals surface area (Å²) in [5, 5.41) is 13.6. The predicted molar refractivity (Wildman–Crippen MR) is 68.7 cm³/mol. The molecule has 8 nitrogen and oxygen atoms in total. The van der Waals surface area contributed by atoms with Gasteiger partial charge in [0.1, 0.15) is 12.0 Å². The van der Waals surface area contributed by atoms with Gasteiger partial charge in [0.15, 0.2) is 0 Å². The lowest BCUT2D eigenvalue weighted by molar-refractivity contribution is -0.385. The van der Waals surface area contributed by atoms with Crippen LogP contribution in [0.2, 0.25) is 0 Å². The third-order valence-corrected chi connectivity index (χ3v) is 3.31. The van der Waals surface area contributed by atoms with E-state index in [1.807, 2.05) is 0 Å². The van der Waals surface area contributed by atoms with Crippen LogP contribution in [0.3, 0.4) is 0 Å². The molecule has 19 heavy (non-hydrogen) atoms. The van der Waals surface area contributed by atoms with Crippen molar-refractivity contribution in [2.45, 2.75) is 24.8 Å². The molecule has 1 amide bonds. The minimum Gasteiger partial charge on any atom is -0.368 e. The number of nitro groups is 1. The number of hydrogen-bond donors (Lipinski definition) is 3. The number of rotatable bonds is 5. The number of nitrogens with one attached hydrogen (secondary N) is 1. The van der Waals surface area contributed by atoms with E-state index in [0.29, 0.717) is 6.54 Å². The Morgan fingerprint density at radius 2 is 2.26 bits per heavy atom. The summed E-state index contributed by atoms with van der Waals surface area (Å²) in [6.45, 7) is 0.456. The number of hydrogen-bond acceptors (Lipinski definition) is 6. The van der Waals surface area contributed by atoms with Crippen molar-refractivity contribution in [2.75, 3.05) is 11.9 Å². The summed E-state index contributed by atoms with van der Waals surface area (Å²) >= 11 is 0. The van der Waals surface area contributed by atoms with Gasteiger partial charge >= 0.3 is 0 Å². The highest BCUT2D eigenvalue weighted by Crippen LogP contribution is 2.29. The molecule has 102 valence electrons. The molecule has 1 heterocycles. The zero-order valence-electron chi connectivity index (χ0n) is 10.3. The average molecular weight is 265 g/mol. The normalized spacial score (nSPS) is 16.5. The Bertz CT molecular complexity index is 527. The standard InChI is InChI=1S/C11H15N5O3/c12-9(17)8-4-7(16(18)19)5-14-10(8)15-6-11(13)2-1-3-11/h4-5H,1-3,6,13H2,(H2,12,17)(H,14,15). The lowest BCUT2D eigenvalue weighted by Crippen LogP contribution is -2.52. The van der Waals surface area contributed by atoms with Gasteiger partial charge in [0.2, 0.25) is 0 Å². The van der Waals surface area contributed by atoms with Crippen molar-refractivity contribution in [3.8, 4) is 0 Å². The predicted octanol–water partition coefficient (Wildman–Crippen LogP) is 0.382. The molecule has 0 aromatic carbocycles. The minimum absolute atomic E-state index is 0.00266. The molecule has 5 N–H and O–H groups in total. The molecule has 0 radical (unpaired) electrons. The number of primary amides is 1. The summed E-state index contributed by atoms with van der Waals surface area (Å²) in [6.07, 6.45) is 3.96. The van der Waals surface area contributed by atoms with Gasteiger partial charge in [-0.25, -0.2) is 4.98 Å². The van der Waals surface area contributed by atoms with Crippen LogP contribution in [0.1, 0.15) is 29.6 Å². The fraction of sp³-hybridized carbons (Fsp3) is 0.455. The van der Waals surface area contributed by atoms with Crippen molar-refractivity contribution in [1.29, 1.82) is 0 Å². The van der Waals surface area contributed by atoms with Gasteiger partial charge in [0.25, 0.3) is 11.6 Å². The third kappa shape index (κ3) is 2.79. The van der Waals surface area contributed by atoms with Crippen LogP contribution in [0, 0.1) is 10.1 Å². The number of carbonyl (C=O) groups excluding carboxylic acids is 1. The Morgan fingerprint density at radius 3 is 2.74 bits per heavy atom. The van der Waals surface area contributed by atoms with Crippen molar-refractivity contribution in [2.24, 2.45) is 11.5 Å². The molecular weight excluding hydrogens is 250 g/mol. The van der Waals surface area contributed by atoms with E-state index in [1.165, 1.54) is 0 Å². The topological polar surface area (TPSA) is 137 Å². The average Bonchev–Trinajstić information content (AvgIpc) is 2.33. The van der Waals surface area contributed by atoms with Gasteiger partial charge in [-0.15, -0.1) is 0 Å². The summed E-state index contributed by atoms with van der Waals surface area (Å²) in [5.74, 6) is -0.534. The summed E-state index contributed by atoms with van der Waals surface area (Å²) in [4.78, 5) is 25.2. The lowest BCUT2D eigenvalue weighted by atomic mass is 9.78. The summed E-state index contributed by atoms with van der Waals surface area (Å²) < 4.78 is 0. The number of nitrogens with zero attached hydrogens (tertiary/aromatic N) is 2. The quantitative estimate of drug-likeness (QED) is 0.520. The maximum Gasteiger partial charge on any atom is 0.288 e. The Hall–Kier alpha value is -2.22. The van der Waals surface area contributed by atoms with E-state index >= 15 is 0 Å². The van der Waals surface area contributed by atoms with E-state index in [4.69, 9.17) is 11.5 Å². The zero-order valence-corrected chi connectivity index (χ0v) is 10.3.